The van der Waals surface area contributed by atoms with Gasteiger partial charge in [0.15, 0.2) is 0 Å². The molecule has 0 nitrogen and oxygen atoms in total. The van der Waals surface area contributed by atoms with Crippen LogP contribution >= 0.6 is 0 Å². The van der Waals surface area contributed by atoms with E-state index in [1.807, 2.05) is 12.2 Å². The van der Waals surface area contributed by atoms with Crippen LogP contribution in [0.15, 0.2) is 18.2 Å². The fraction of sp³-hybridized carbons (Fsp3) is 0.200. The Morgan fingerprint density at radius 3 is 2.80 bits per heavy atom. The quantitative estimate of drug-likeness (QED) is 0.399. The van der Waals surface area contributed by atoms with Gasteiger partial charge in [-0.05, 0) is 12.5 Å². The third kappa shape index (κ3) is 0.380. The van der Waals surface area contributed by atoms with Gasteiger partial charge >= 0.3 is 0 Å². The second kappa shape index (κ2) is 1.07. The van der Waals surface area contributed by atoms with Gasteiger partial charge in [-0.2, -0.15) is 0 Å². The summed E-state index contributed by atoms with van der Waals surface area (Å²) in [7, 11) is 0. The summed E-state index contributed by atoms with van der Waals surface area (Å²) >= 11 is 0. The number of hydrogen-bond acceptors (Lipinski definition) is 0. The molecule has 25 valence electrons. The summed E-state index contributed by atoms with van der Waals surface area (Å²) in [6.07, 6.45) is 10.0. The lowest BCUT2D eigenvalue weighted by Gasteiger charge is -1.55. The molecule has 1 radical (unpaired) electrons. The normalized spacial score (nSPS) is 17.6. The minimum absolute atomic E-state index is 1.01. The molecule has 1 aliphatic rings. The highest BCUT2D eigenvalue weighted by Gasteiger charge is 1.73. The van der Waals surface area contributed by atoms with E-state index in [1.54, 1.807) is 0 Å². The van der Waals surface area contributed by atoms with Crippen LogP contribution in [0.4, 0.5) is 0 Å². The molecule has 0 fully saturated rings. The molecule has 0 heterocycles. The first-order chi connectivity index (χ1) is 2.50. The number of allylic oxidation sites excluding steroid dienone is 4. The van der Waals surface area contributed by atoms with Crippen LogP contribution in [-0.4, -0.2) is 0 Å². The molecular weight excluding hydrogens is 60.1 g/mol. The summed E-state index contributed by atoms with van der Waals surface area (Å²) in [6, 6.07) is 0. The minimum atomic E-state index is 1.01. The van der Waals surface area contributed by atoms with Gasteiger partial charge < -0.3 is 0 Å². The molecule has 0 aromatic carbocycles. The fourth-order valence-corrected chi connectivity index (χ4v) is 0.340. The molecule has 0 heteroatoms. The van der Waals surface area contributed by atoms with E-state index < -0.39 is 0 Å². The predicted molar refractivity (Wildman–Crippen MR) is 21.6 cm³/mol. The molecule has 0 unspecified atom stereocenters. The van der Waals surface area contributed by atoms with E-state index in [1.165, 1.54) is 0 Å². The first-order valence-corrected chi connectivity index (χ1v) is 1.72. The molecule has 0 atom stereocenters. The van der Waals surface area contributed by atoms with Gasteiger partial charge in [-0.1, -0.05) is 18.2 Å². The van der Waals surface area contributed by atoms with E-state index in [-0.39, 0.29) is 0 Å². The molecule has 0 aliphatic heterocycles. The molecule has 0 bridgehead atoms. The van der Waals surface area contributed by atoms with Crippen LogP contribution < -0.4 is 0 Å². The summed E-state index contributed by atoms with van der Waals surface area (Å²) in [5.74, 6) is 0. The van der Waals surface area contributed by atoms with Crippen molar-refractivity contribution in [3.8, 4) is 0 Å². The van der Waals surface area contributed by atoms with E-state index in [9.17, 15) is 0 Å². The Morgan fingerprint density at radius 2 is 2.60 bits per heavy atom. The molecule has 0 aromatic rings. The van der Waals surface area contributed by atoms with Crippen LogP contribution in [0.1, 0.15) is 6.42 Å². The summed E-state index contributed by atoms with van der Waals surface area (Å²) in [6.45, 7) is 0. The second-order valence-corrected chi connectivity index (χ2v) is 1.00. The van der Waals surface area contributed by atoms with E-state index in [4.69, 9.17) is 0 Å². The van der Waals surface area contributed by atoms with Crippen molar-refractivity contribution in [2.45, 2.75) is 6.42 Å². The Bertz CT molecular complexity index is 58.1. The maximum absolute atomic E-state index is 2.99. The average molecular weight is 65.1 g/mol. The molecule has 0 spiro atoms. The van der Waals surface area contributed by atoms with Gasteiger partial charge in [0.25, 0.3) is 0 Å². The van der Waals surface area contributed by atoms with Crippen molar-refractivity contribution < 1.29 is 0 Å². The Morgan fingerprint density at radius 1 is 1.60 bits per heavy atom. The summed E-state index contributed by atoms with van der Waals surface area (Å²) in [5, 5.41) is 0. The first kappa shape index (κ1) is 2.70. The van der Waals surface area contributed by atoms with E-state index >= 15 is 0 Å². The second-order valence-electron chi connectivity index (χ2n) is 1.00. The van der Waals surface area contributed by atoms with E-state index in [2.05, 4.69) is 12.2 Å². The van der Waals surface area contributed by atoms with Gasteiger partial charge in [-0.25, -0.2) is 0 Å². The highest BCUT2D eigenvalue weighted by Crippen LogP contribution is 1.91. The van der Waals surface area contributed by atoms with Gasteiger partial charge in [0, 0.05) is 0 Å². The molecule has 0 amide bonds. The van der Waals surface area contributed by atoms with E-state index in [0.717, 1.165) is 6.42 Å². The molecule has 0 aromatic heterocycles. The lowest BCUT2D eigenvalue weighted by molar-refractivity contribution is 1.40. The van der Waals surface area contributed by atoms with Gasteiger partial charge in [0.1, 0.15) is 0 Å². The number of rotatable bonds is 0. The Balaban J connectivity index is 2.61. The van der Waals surface area contributed by atoms with Crippen LogP contribution in [0.5, 0.6) is 0 Å². The Kier molecular flexibility index (Phi) is 0.577. The van der Waals surface area contributed by atoms with Crippen LogP contribution in [-0.2, 0) is 0 Å². The number of hydrogen-bond donors (Lipinski definition) is 0. The van der Waals surface area contributed by atoms with Crippen LogP contribution in [0.2, 0.25) is 0 Å². The monoisotopic (exact) mass is 65.0 g/mol. The molecule has 0 saturated carbocycles. The topological polar surface area (TPSA) is 0 Å². The van der Waals surface area contributed by atoms with Crippen molar-refractivity contribution in [1.82, 2.24) is 0 Å². The lowest BCUT2D eigenvalue weighted by Crippen LogP contribution is -1.39. The van der Waals surface area contributed by atoms with Crippen LogP contribution in [0, 0.1) is 6.08 Å². The zero-order chi connectivity index (χ0) is 3.54. The van der Waals surface area contributed by atoms with Crippen molar-refractivity contribution in [3.05, 3.63) is 24.3 Å². The molecule has 1 rings (SSSR count). The molecule has 0 saturated heterocycles. The average Bonchev–Trinajstić information content (AvgIpc) is 1.76. The highest BCUT2D eigenvalue weighted by atomic mass is 13.8. The Hall–Kier alpha value is -0.520. The standard InChI is InChI=1S/C5H5/c1-2-4-5-3-1/h1-3H,4H2. The summed E-state index contributed by atoms with van der Waals surface area (Å²) < 4.78 is 0. The first-order valence-electron chi connectivity index (χ1n) is 1.72. The lowest BCUT2D eigenvalue weighted by atomic mass is 10.5. The van der Waals surface area contributed by atoms with Gasteiger partial charge in [-0.15, -0.1) is 0 Å². The Labute approximate surface area is 31.8 Å². The summed E-state index contributed by atoms with van der Waals surface area (Å²) in [4.78, 5) is 0. The SMILES string of the molecule is [C]1=CC=CC1. The molecule has 5 heavy (non-hydrogen) atoms. The van der Waals surface area contributed by atoms with E-state index in [0.29, 0.717) is 0 Å². The predicted octanol–water partition coefficient (Wildman–Crippen LogP) is 1.31. The van der Waals surface area contributed by atoms with Crippen molar-refractivity contribution >= 4 is 0 Å². The van der Waals surface area contributed by atoms with Crippen molar-refractivity contribution in [3.63, 3.8) is 0 Å². The fourth-order valence-electron chi connectivity index (χ4n) is 0.340. The van der Waals surface area contributed by atoms with Gasteiger partial charge in [0.2, 0.25) is 0 Å². The summed E-state index contributed by atoms with van der Waals surface area (Å²) in [5.41, 5.74) is 0. The highest BCUT2D eigenvalue weighted by molar-refractivity contribution is 5.07. The van der Waals surface area contributed by atoms with Crippen LogP contribution in [0.25, 0.3) is 0 Å². The maximum Gasteiger partial charge on any atom is -0.00915 e. The van der Waals surface area contributed by atoms with Crippen LogP contribution in [0.3, 0.4) is 0 Å². The molecular formula is C5H5. The smallest absolute Gasteiger partial charge is 0.00915 e. The maximum atomic E-state index is 2.99. The van der Waals surface area contributed by atoms with Gasteiger partial charge in [-0.3, -0.25) is 0 Å². The van der Waals surface area contributed by atoms with Crippen molar-refractivity contribution in [2.24, 2.45) is 0 Å². The third-order valence-corrected chi connectivity index (χ3v) is 0.586. The van der Waals surface area contributed by atoms with Crippen molar-refractivity contribution in [1.29, 1.82) is 0 Å². The minimum Gasteiger partial charge on any atom is -0.0801 e. The molecule has 1 aliphatic carbocycles. The third-order valence-electron chi connectivity index (χ3n) is 0.586. The molecule has 0 N–H and O–H groups in total. The van der Waals surface area contributed by atoms with Crippen molar-refractivity contribution in [2.75, 3.05) is 0 Å². The zero-order valence-corrected chi connectivity index (χ0v) is 2.94. The zero-order valence-electron chi connectivity index (χ0n) is 2.94. The largest absolute Gasteiger partial charge is 0.0801 e. The van der Waals surface area contributed by atoms with Gasteiger partial charge in [0.05, 0.1) is 0 Å².